The number of halogens is 1. The van der Waals surface area contributed by atoms with E-state index in [9.17, 15) is 0 Å². The fourth-order valence-electron chi connectivity index (χ4n) is 3.88. The molecule has 144 valence electrons. The molecule has 1 nitrogen and oxygen atoms in total. The van der Waals surface area contributed by atoms with Crippen molar-refractivity contribution in [3.63, 3.8) is 0 Å². The average molecular weight is 450 g/mol. The lowest BCUT2D eigenvalue weighted by Gasteiger charge is -2.27. The molecule has 0 atom stereocenters. The van der Waals surface area contributed by atoms with Gasteiger partial charge in [-0.3, -0.25) is 0 Å². The molecule has 0 aliphatic rings. The predicted molar refractivity (Wildman–Crippen MR) is 132 cm³/mol. The Morgan fingerprint density at radius 1 is 0.500 bits per heavy atom. The highest BCUT2D eigenvalue weighted by atomic mass is 79.9. The Balaban J connectivity index is 1.72. The van der Waals surface area contributed by atoms with Gasteiger partial charge in [0.05, 0.1) is 5.69 Å². The maximum atomic E-state index is 3.57. The number of benzene rings is 5. The summed E-state index contributed by atoms with van der Waals surface area (Å²) in [6.07, 6.45) is 0. The van der Waals surface area contributed by atoms with E-state index in [1.165, 1.54) is 27.6 Å². The monoisotopic (exact) mass is 449 g/mol. The van der Waals surface area contributed by atoms with Gasteiger partial charge in [0.1, 0.15) is 0 Å². The Morgan fingerprint density at radius 3 is 2.00 bits per heavy atom. The highest BCUT2D eigenvalue weighted by Gasteiger charge is 2.15. The second-order valence-corrected chi connectivity index (χ2v) is 8.14. The summed E-state index contributed by atoms with van der Waals surface area (Å²) in [5.74, 6) is 0. The van der Waals surface area contributed by atoms with Crippen LogP contribution in [0.25, 0.3) is 21.9 Å². The number of hydrogen-bond donors (Lipinski definition) is 0. The second-order valence-electron chi connectivity index (χ2n) is 7.23. The summed E-state index contributed by atoms with van der Waals surface area (Å²) in [5, 5.41) is 2.46. The molecule has 0 unspecified atom stereocenters. The van der Waals surface area contributed by atoms with Crippen LogP contribution < -0.4 is 4.90 Å². The van der Waals surface area contributed by atoms with E-state index in [1.807, 2.05) is 0 Å². The molecule has 0 spiro atoms. The molecule has 5 aromatic carbocycles. The van der Waals surface area contributed by atoms with Gasteiger partial charge in [0.25, 0.3) is 0 Å². The predicted octanol–water partition coefficient (Wildman–Crippen LogP) is 8.74. The minimum absolute atomic E-state index is 1.07. The van der Waals surface area contributed by atoms with Crippen LogP contribution in [0, 0.1) is 0 Å². The lowest BCUT2D eigenvalue weighted by atomic mass is 10.0. The molecule has 5 rings (SSSR count). The zero-order valence-electron chi connectivity index (χ0n) is 16.4. The number of rotatable bonds is 4. The normalized spacial score (nSPS) is 10.8. The molecule has 0 aliphatic heterocycles. The Hall–Kier alpha value is -3.36. The van der Waals surface area contributed by atoms with Crippen LogP contribution in [0.4, 0.5) is 17.1 Å². The number of nitrogens with zero attached hydrogens (tertiary/aromatic N) is 1. The lowest BCUT2D eigenvalue weighted by molar-refractivity contribution is 1.29. The van der Waals surface area contributed by atoms with Crippen LogP contribution in [0.5, 0.6) is 0 Å². The van der Waals surface area contributed by atoms with Gasteiger partial charge in [-0.2, -0.15) is 0 Å². The zero-order chi connectivity index (χ0) is 20.3. The van der Waals surface area contributed by atoms with Crippen LogP contribution >= 0.6 is 15.9 Å². The Bertz CT molecular complexity index is 1290. The minimum atomic E-state index is 1.07. The SMILES string of the molecule is Brc1ccc(N(c2cccc(-c3ccccc3)c2)c2cccc3ccccc23)cc1. The van der Waals surface area contributed by atoms with Crippen molar-refractivity contribution in [2.24, 2.45) is 0 Å². The topological polar surface area (TPSA) is 3.24 Å². The Labute approximate surface area is 185 Å². The molecular weight excluding hydrogens is 430 g/mol. The Morgan fingerprint density at radius 2 is 1.17 bits per heavy atom. The maximum Gasteiger partial charge on any atom is 0.0540 e. The molecule has 2 heteroatoms. The van der Waals surface area contributed by atoms with Crippen LogP contribution in [-0.2, 0) is 0 Å². The molecule has 30 heavy (non-hydrogen) atoms. The summed E-state index contributed by atoms with van der Waals surface area (Å²) in [6, 6.07) is 42.8. The lowest BCUT2D eigenvalue weighted by Crippen LogP contribution is -2.10. The van der Waals surface area contributed by atoms with Gasteiger partial charge in [-0.25, -0.2) is 0 Å². The average Bonchev–Trinajstić information content (AvgIpc) is 2.81. The van der Waals surface area contributed by atoms with Crippen molar-refractivity contribution in [3.05, 3.63) is 126 Å². The maximum absolute atomic E-state index is 3.57. The molecule has 0 saturated heterocycles. The molecule has 5 aromatic rings. The number of fused-ring (bicyclic) bond motifs is 1. The fourth-order valence-corrected chi connectivity index (χ4v) is 4.14. The first-order valence-corrected chi connectivity index (χ1v) is 10.8. The van der Waals surface area contributed by atoms with E-state index < -0.39 is 0 Å². The molecule has 0 radical (unpaired) electrons. The van der Waals surface area contributed by atoms with E-state index in [0.717, 1.165) is 15.8 Å². The quantitative estimate of drug-likeness (QED) is 0.265. The van der Waals surface area contributed by atoms with Crippen molar-refractivity contribution in [1.82, 2.24) is 0 Å². The van der Waals surface area contributed by atoms with Gasteiger partial charge < -0.3 is 4.90 Å². The van der Waals surface area contributed by atoms with Gasteiger partial charge in [0, 0.05) is 21.2 Å². The van der Waals surface area contributed by atoms with Gasteiger partial charge in [-0.15, -0.1) is 0 Å². The summed E-state index contributed by atoms with van der Waals surface area (Å²) in [4.78, 5) is 2.33. The number of hydrogen-bond acceptors (Lipinski definition) is 1. The molecule has 0 fully saturated rings. The summed E-state index contributed by atoms with van der Waals surface area (Å²) >= 11 is 3.57. The van der Waals surface area contributed by atoms with Crippen LogP contribution in [0.2, 0.25) is 0 Å². The molecular formula is C28H20BrN. The van der Waals surface area contributed by atoms with Crippen LogP contribution in [0.1, 0.15) is 0 Å². The molecule has 0 aromatic heterocycles. The first-order valence-electron chi connectivity index (χ1n) is 9.98. The van der Waals surface area contributed by atoms with Gasteiger partial charge >= 0.3 is 0 Å². The van der Waals surface area contributed by atoms with Crippen molar-refractivity contribution in [3.8, 4) is 11.1 Å². The molecule has 0 saturated carbocycles. The van der Waals surface area contributed by atoms with Crippen molar-refractivity contribution < 1.29 is 0 Å². The highest BCUT2D eigenvalue weighted by molar-refractivity contribution is 9.10. The number of anilines is 3. The smallest absolute Gasteiger partial charge is 0.0540 e. The second kappa shape index (κ2) is 8.17. The van der Waals surface area contributed by atoms with Crippen LogP contribution in [0.3, 0.4) is 0 Å². The van der Waals surface area contributed by atoms with Crippen molar-refractivity contribution in [2.45, 2.75) is 0 Å². The standard InChI is InChI=1S/C28H20BrN/c29-24-16-18-25(19-17-24)30(28-15-7-11-22-10-4-5-14-27(22)28)26-13-6-12-23(20-26)21-8-2-1-3-9-21/h1-20H. The van der Waals surface area contributed by atoms with Gasteiger partial charge in [0.15, 0.2) is 0 Å². The van der Waals surface area contributed by atoms with E-state index in [4.69, 9.17) is 0 Å². The minimum Gasteiger partial charge on any atom is -0.310 e. The van der Waals surface area contributed by atoms with Crippen LogP contribution in [-0.4, -0.2) is 0 Å². The highest BCUT2D eigenvalue weighted by Crippen LogP contribution is 2.40. The first kappa shape index (κ1) is 18.7. The third-order valence-corrected chi connectivity index (χ3v) is 5.83. The van der Waals surface area contributed by atoms with Gasteiger partial charge in [-0.05, 0) is 59.0 Å². The Kier molecular flexibility index (Phi) is 5.08. The van der Waals surface area contributed by atoms with Crippen LogP contribution in [0.15, 0.2) is 126 Å². The van der Waals surface area contributed by atoms with Gasteiger partial charge in [-0.1, -0.05) is 94.8 Å². The van der Waals surface area contributed by atoms with Gasteiger partial charge in [0.2, 0.25) is 0 Å². The van der Waals surface area contributed by atoms with E-state index in [-0.39, 0.29) is 0 Å². The molecule has 0 amide bonds. The molecule has 0 heterocycles. The molecule has 0 N–H and O–H groups in total. The summed E-state index contributed by atoms with van der Waals surface area (Å²) in [5.41, 5.74) is 5.85. The first-order chi connectivity index (χ1) is 14.8. The third kappa shape index (κ3) is 3.62. The van der Waals surface area contributed by atoms with Crippen molar-refractivity contribution >= 4 is 43.8 Å². The van der Waals surface area contributed by atoms with E-state index in [1.54, 1.807) is 0 Å². The third-order valence-electron chi connectivity index (χ3n) is 5.30. The summed E-state index contributed by atoms with van der Waals surface area (Å²) in [6.45, 7) is 0. The fraction of sp³-hybridized carbons (Fsp3) is 0. The van der Waals surface area contributed by atoms with E-state index >= 15 is 0 Å². The molecule has 0 aliphatic carbocycles. The zero-order valence-corrected chi connectivity index (χ0v) is 18.0. The van der Waals surface area contributed by atoms with E-state index in [2.05, 4.69) is 142 Å². The summed E-state index contributed by atoms with van der Waals surface area (Å²) < 4.78 is 1.07. The van der Waals surface area contributed by atoms with Crippen molar-refractivity contribution in [2.75, 3.05) is 4.90 Å². The van der Waals surface area contributed by atoms with E-state index in [0.29, 0.717) is 0 Å². The summed E-state index contributed by atoms with van der Waals surface area (Å²) in [7, 11) is 0. The molecule has 0 bridgehead atoms. The van der Waals surface area contributed by atoms with Crippen molar-refractivity contribution in [1.29, 1.82) is 0 Å². The largest absolute Gasteiger partial charge is 0.310 e.